The van der Waals surface area contributed by atoms with Gasteiger partial charge in [-0.15, -0.1) is 0 Å². The van der Waals surface area contributed by atoms with Gasteiger partial charge in [0.1, 0.15) is 0 Å². The minimum atomic E-state index is -2.12. The molecule has 1 aromatic carbocycles. The third-order valence-electron chi connectivity index (χ3n) is 2.35. The fraction of sp³-hybridized carbons (Fsp3) is 0.364. The molecule has 0 saturated carbocycles. The Kier molecular flexibility index (Phi) is 3.44. The molecule has 0 aliphatic heterocycles. The molecule has 1 aromatic rings. The summed E-state index contributed by atoms with van der Waals surface area (Å²) in [5.74, 6) is -1.43. The summed E-state index contributed by atoms with van der Waals surface area (Å²) in [4.78, 5) is 10.6. The maximum Gasteiger partial charge on any atom is 0.338 e. The largest absolute Gasteiger partial charge is 0.479 e. The average molecular weight is 210 g/mol. The molecule has 1 rings (SSSR count). The van der Waals surface area contributed by atoms with Crippen LogP contribution in [0.3, 0.4) is 0 Å². The van der Waals surface area contributed by atoms with E-state index in [0.29, 0.717) is 0 Å². The molecule has 0 aliphatic carbocycles. The van der Waals surface area contributed by atoms with Gasteiger partial charge in [0, 0.05) is 6.42 Å². The Bertz CT molecular complexity index is 332. The van der Waals surface area contributed by atoms with E-state index in [1.807, 2.05) is 6.07 Å². The van der Waals surface area contributed by atoms with Crippen molar-refractivity contribution in [1.82, 2.24) is 0 Å². The van der Waals surface area contributed by atoms with E-state index in [-0.39, 0.29) is 6.42 Å². The summed E-state index contributed by atoms with van der Waals surface area (Å²) in [6.45, 7) is 1.09. The van der Waals surface area contributed by atoms with Crippen LogP contribution < -0.4 is 0 Å². The lowest BCUT2D eigenvalue weighted by Gasteiger charge is -2.24. The van der Waals surface area contributed by atoms with Gasteiger partial charge in [-0.3, -0.25) is 0 Å². The molecule has 0 radical (unpaired) electrons. The predicted molar refractivity (Wildman–Crippen MR) is 54.4 cm³/mol. The van der Waals surface area contributed by atoms with E-state index >= 15 is 0 Å². The van der Waals surface area contributed by atoms with E-state index in [0.717, 1.165) is 12.5 Å². The van der Waals surface area contributed by atoms with Crippen LogP contribution in [-0.2, 0) is 11.2 Å². The zero-order valence-corrected chi connectivity index (χ0v) is 8.42. The van der Waals surface area contributed by atoms with Crippen molar-refractivity contribution in [3.8, 4) is 0 Å². The minimum absolute atomic E-state index is 0.111. The van der Waals surface area contributed by atoms with E-state index in [2.05, 4.69) is 0 Å². The summed E-state index contributed by atoms with van der Waals surface area (Å²) in [5, 5.41) is 27.7. The van der Waals surface area contributed by atoms with Crippen molar-refractivity contribution in [2.45, 2.75) is 25.0 Å². The molecular formula is C11H14O4. The number of benzene rings is 1. The molecule has 0 aromatic heterocycles. The topological polar surface area (TPSA) is 77.8 Å². The molecule has 4 nitrogen and oxygen atoms in total. The Morgan fingerprint density at radius 1 is 1.40 bits per heavy atom. The lowest BCUT2D eigenvalue weighted by molar-refractivity contribution is -0.168. The van der Waals surface area contributed by atoms with E-state index in [1.165, 1.54) is 0 Å². The van der Waals surface area contributed by atoms with Gasteiger partial charge in [0.25, 0.3) is 0 Å². The first-order valence-corrected chi connectivity index (χ1v) is 4.62. The van der Waals surface area contributed by atoms with Gasteiger partial charge in [-0.05, 0) is 12.5 Å². The van der Waals surface area contributed by atoms with Crippen LogP contribution in [-0.4, -0.2) is 33.0 Å². The summed E-state index contributed by atoms with van der Waals surface area (Å²) < 4.78 is 0. The second-order valence-corrected chi connectivity index (χ2v) is 3.66. The molecule has 0 aliphatic rings. The fourth-order valence-corrected chi connectivity index (χ4v) is 1.18. The maximum absolute atomic E-state index is 10.6. The van der Waals surface area contributed by atoms with Crippen LogP contribution in [0.2, 0.25) is 0 Å². The third-order valence-corrected chi connectivity index (χ3v) is 2.35. The third kappa shape index (κ3) is 2.78. The summed E-state index contributed by atoms with van der Waals surface area (Å²) in [7, 11) is 0. The highest BCUT2D eigenvalue weighted by molar-refractivity contribution is 5.77. The molecule has 0 amide bonds. The Morgan fingerprint density at radius 2 is 1.93 bits per heavy atom. The SMILES string of the molecule is CC(O)(C(=O)O)[C@@H](O)Cc1ccccc1. The average Bonchev–Trinajstić information content (AvgIpc) is 2.18. The number of aliphatic hydroxyl groups excluding tert-OH is 1. The van der Waals surface area contributed by atoms with E-state index in [4.69, 9.17) is 5.11 Å². The van der Waals surface area contributed by atoms with Crippen LogP contribution in [0.15, 0.2) is 30.3 Å². The molecule has 15 heavy (non-hydrogen) atoms. The maximum atomic E-state index is 10.6. The van der Waals surface area contributed by atoms with Gasteiger partial charge in [-0.25, -0.2) is 4.79 Å². The summed E-state index contributed by atoms with van der Waals surface area (Å²) in [6, 6.07) is 8.93. The monoisotopic (exact) mass is 210 g/mol. The molecule has 0 saturated heterocycles. The van der Waals surface area contributed by atoms with Crippen molar-refractivity contribution in [2.75, 3.05) is 0 Å². The summed E-state index contributed by atoms with van der Waals surface area (Å²) in [6.07, 6.45) is -1.21. The highest BCUT2D eigenvalue weighted by Gasteiger charge is 2.38. The number of carboxylic acids is 1. The van der Waals surface area contributed by atoms with Gasteiger partial charge in [-0.2, -0.15) is 0 Å². The molecule has 82 valence electrons. The first-order chi connectivity index (χ1) is 6.94. The number of hydrogen-bond acceptors (Lipinski definition) is 3. The van der Waals surface area contributed by atoms with Crippen LogP contribution in [0.1, 0.15) is 12.5 Å². The van der Waals surface area contributed by atoms with Crippen molar-refractivity contribution in [1.29, 1.82) is 0 Å². The first-order valence-electron chi connectivity index (χ1n) is 4.62. The number of aliphatic carboxylic acids is 1. The van der Waals surface area contributed by atoms with Gasteiger partial charge in [-0.1, -0.05) is 30.3 Å². The van der Waals surface area contributed by atoms with E-state index in [1.54, 1.807) is 24.3 Å². The lowest BCUT2D eigenvalue weighted by Crippen LogP contribution is -2.47. The van der Waals surface area contributed by atoms with Gasteiger partial charge >= 0.3 is 5.97 Å². The van der Waals surface area contributed by atoms with Crippen molar-refractivity contribution in [3.63, 3.8) is 0 Å². The standard InChI is InChI=1S/C11H14O4/c1-11(15,10(13)14)9(12)7-8-5-3-2-4-6-8/h2-6,9,12,15H,7H2,1H3,(H,13,14)/t9-,11?/m0/s1. The molecule has 0 fully saturated rings. The number of carboxylic acid groups (broad SMARTS) is 1. The highest BCUT2D eigenvalue weighted by atomic mass is 16.4. The molecular weight excluding hydrogens is 196 g/mol. The molecule has 0 bridgehead atoms. The number of hydrogen-bond donors (Lipinski definition) is 3. The Morgan fingerprint density at radius 3 is 2.40 bits per heavy atom. The van der Waals surface area contributed by atoms with Gasteiger partial charge in [0.2, 0.25) is 0 Å². The fourth-order valence-electron chi connectivity index (χ4n) is 1.18. The van der Waals surface area contributed by atoms with Crippen molar-refractivity contribution in [2.24, 2.45) is 0 Å². The first kappa shape index (κ1) is 11.7. The van der Waals surface area contributed by atoms with Crippen molar-refractivity contribution >= 4 is 5.97 Å². The lowest BCUT2D eigenvalue weighted by atomic mass is 9.93. The van der Waals surface area contributed by atoms with Crippen LogP contribution in [0.25, 0.3) is 0 Å². The Hall–Kier alpha value is -1.39. The second-order valence-electron chi connectivity index (χ2n) is 3.66. The Labute approximate surface area is 87.8 Å². The van der Waals surface area contributed by atoms with Crippen LogP contribution in [0.5, 0.6) is 0 Å². The molecule has 2 atom stereocenters. The normalized spacial score (nSPS) is 16.7. The summed E-state index contributed by atoms with van der Waals surface area (Å²) in [5.41, 5.74) is -1.33. The van der Waals surface area contributed by atoms with Crippen LogP contribution in [0, 0.1) is 0 Å². The van der Waals surface area contributed by atoms with Gasteiger partial charge < -0.3 is 15.3 Å². The second kappa shape index (κ2) is 4.42. The van der Waals surface area contributed by atoms with Crippen LogP contribution >= 0.6 is 0 Å². The van der Waals surface area contributed by atoms with Crippen molar-refractivity contribution in [3.05, 3.63) is 35.9 Å². The highest BCUT2D eigenvalue weighted by Crippen LogP contribution is 2.15. The Balaban J connectivity index is 2.72. The van der Waals surface area contributed by atoms with Crippen molar-refractivity contribution < 1.29 is 20.1 Å². The number of rotatable bonds is 4. The van der Waals surface area contributed by atoms with Gasteiger partial charge in [0.05, 0.1) is 6.10 Å². The molecule has 1 unspecified atom stereocenters. The molecule has 4 heteroatoms. The molecule has 0 spiro atoms. The number of carbonyl (C=O) groups is 1. The van der Waals surface area contributed by atoms with E-state index < -0.39 is 17.7 Å². The smallest absolute Gasteiger partial charge is 0.338 e. The molecule has 3 N–H and O–H groups in total. The predicted octanol–water partition coefficient (Wildman–Crippen LogP) is 0.426. The van der Waals surface area contributed by atoms with Gasteiger partial charge in [0.15, 0.2) is 5.60 Å². The van der Waals surface area contributed by atoms with E-state index in [9.17, 15) is 15.0 Å². The zero-order valence-electron chi connectivity index (χ0n) is 8.42. The molecule has 0 heterocycles. The minimum Gasteiger partial charge on any atom is -0.479 e. The number of aliphatic hydroxyl groups is 2. The van der Waals surface area contributed by atoms with Crippen LogP contribution in [0.4, 0.5) is 0 Å². The quantitative estimate of drug-likeness (QED) is 0.673. The zero-order chi connectivity index (χ0) is 11.5. The summed E-state index contributed by atoms with van der Waals surface area (Å²) >= 11 is 0.